The van der Waals surface area contributed by atoms with Gasteiger partial charge in [0.05, 0.1) is 23.1 Å². The fourth-order valence-electron chi connectivity index (χ4n) is 2.66. The minimum absolute atomic E-state index is 0.0163. The van der Waals surface area contributed by atoms with Crippen molar-refractivity contribution in [1.29, 1.82) is 0 Å². The average molecular weight is 395 g/mol. The standard InChI is InChI=1S/C20H17N3O4S/c1-27-15-10-16(13-23-12-15)28(25,26)19-5-3-2-4-18(19)17-8-9-22-11-14(17)6-7-20(21)24/h2-13H,1H3,(H2,21,24)/b7-6+. The number of hydrogen-bond acceptors (Lipinski definition) is 6. The van der Waals surface area contributed by atoms with Gasteiger partial charge in [-0.2, -0.15) is 0 Å². The zero-order chi connectivity index (χ0) is 20.1. The maximum absolute atomic E-state index is 13.3. The Kier molecular flexibility index (Phi) is 5.51. The van der Waals surface area contributed by atoms with Crippen molar-refractivity contribution in [3.63, 3.8) is 0 Å². The average Bonchev–Trinajstić information content (AvgIpc) is 2.72. The Morgan fingerprint density at radius 1 is 1.07 bits per heavy atom. The summed E-state index contributed by atoms with van der Waals surface area (Å²) in [4.78, 5) is 19.2. The summed E-state index contributed by atoms with van der Waals surface area (Å²) >= 11 is 0. The Morgan fingerprint density at radius 3 is 2.61 bits per heavy atom. The first kappa shape index (κ1) is 19.2. The number of aromatic nitrogens is 2. The summed E-state index contributed by atoms with van der Waals surface area (Å²) in [5, 5.41) is 0. The number of pyridine rings is 2. The number of carbonyl (C=O) groups excluding carboxylic acids is 1. The molecule has 8 heteroatoms. The van der Waals surface area contributed by atoms with Crippen molar-refractivity contribution in [3.05, 3.63) is 72.8 Å². The lowest BCUT2D eigenvalue weighted by molar-refractivity contribution is -0.113. The molecule has 0 aliphatic carbocycles. The minimum atomic E-state index is -3.88. The van der Waals surface area contributed by atoms with E-state index < -0.39 is 15.7 Å². The topological polar surface area (TPSA) is 112 Å². The van der Waals surface area contributed by atoms with E-state index in [1.807, 2.05) is 0 Å². The molecule has 1 amide bonds. The molecule has 7 nitrogen and oxygen atoms in total. The van der Waals surface area contributed by atoms with Gasteiger partial charge in [0.2, 0.25) is 15.7 Å². The van der Waals surface area contributed by atoms with Crippen molar-refractivity contribution in [2.24, 2.45) is 5.73 Å². The molecule has 3 rings (SSSR count). The third-order valence-corrected chi connectivity index (χ3v) is 5.76. The Bertz CT molecular complexity index is 1160. The first-order valence-electron chi connectivity index (χ1n) is 8.18. The molecule has 0 aliphatic heterocycles. The predicted octanol–water partition coefficient (Wildman–Crippen LogP) is 2.48. The second kappa shape index (κ2) is 8.01. The third-order valence-electron chi connectivity index (χ3n) is 3.98. The van der Waals surface area contributed by atoms with E-state index in [0.717, 1.165) is 0 Å². The molecule has 0 saturated carbocycles. The molecule has 142 valence electrons. The summed E-state index contributed by atoms with van der Waals surface area (Å²) in [5.74, 6) is -0.272. The minimum Gasteiger partial charge on any atom is -0.495 e. The number of amides is 1. The van der Waals surface area contributed by atoms with Gasteiger partial charge in [-0.15, -0.1) is 0 Å². The van der Waals surface area contributed by atoms with E-state index >= 15 is 0 Å². The molecule has 0 bridgehead atoms. The van der Waals surface area contributed by atoms with Gasteiger partial charge in [-0.1, -0.05) is 18.2 Å². The third kappa shape index (κ3) is 3.91. The van der Waals surface area contributed by atoms with Crippen LogP contribution in [0.2, 0.25) is 0 Å². The molecule has 0 atom stereocenters. The van der Waals surface area contributed by atoms with Gasteiger partial charge >= 0.3 is 0 Å². The fourth-order valence-corrected chi connectivity index (χ4v) is 4.11. The number of primary amides is 1. The smallest absolute Gasteiger partial charge is 0.241 e. The van der Waals surface area contributed by atoms with Crippen LogP contribution < -0.4 is 10.5 Å². The molecule has 0 spiro atoms. The number of sulfone groups is 1. The van der Waals surface area contributed by atoms with Gasteiger partial charge in [-0.25, -0.2) is 8.42 Å². The zero-order valence-electron chi connectivity index (χ0n) is 14.9. The number of ether oxygens (including phenoxy) is 1. The van der Waals surface area contributed by atoms with Crippen LogP contribution in [0.3, 0.4) is 0 Å². The maximum Gasteiger partial charge on any atom is 0.241 e. The van der Waals surface area contributed by atoms with Gasteiger partial charge in [-0.3, -0.25) is 14.8 Å². The van der Waals surface area contributed by atoms with Crippen LogP contribution in [-0.4, -0.2) is 31.4 Å². The highest BCUT2D eigenvalue weighted by atomic mass is 32.2. The summed E-state index contributed by atoms with van der Waals surface area (Å²) in [6, 6.07) is 9.69. The molecule has 2 N–H and O–H groups in total. The number of nitrogens with two attached hydrogens (primary N) is 1. The normalized spacial score (nSPS) is 11.5. The number of rotatable bonds is 6. The molecule has 1 aromatic carbocycles. The zero-order valence-corrected chi connectivity index (χ0v) is 15.8. The predicted molar refractivity (Wildman–Crippen MR) is 104 cm³/mol. The summed E-state index contributed by atoms with van der Waals surface area (Å²) in [6.45, 7) is 0. The van der Waals surface area contributed by atoms with E-state index in [4.69, 9.17) is 10.5 Å². The van der Waals surface area contributed by atoms with Crippen molar-refractivity contribution < 1.29 is 17.9 Å². The number of carbonyl (C=O) groups is 1. The molecule has 0 saturated heterocycles. The van der Waals surface area contributed by atoms with Crippen LogP contribution in [0.1, 0.15) is 5.56 Å². The van der Waals surface area contributed by atoms with Crippen molar-refractivity contribution in [2.75, 3.05) is 7.11 Å². The summed E-state index contributed by atoms with van der Waals surface area (Å²) in [5.41, 5.74) is 6.80. The lowest BCUT2D eigenvalue weighted by Crippen LogP contribution is -2.06. The molecular weight excluding hydrogens is 378 g/mol. The van der Waals surface area contributed by atoms with Crippen LogP contribution in [0.25, 0.3) is 17.2 Å². The molecule has 28 heavy (non-hydrogen) atoms. The van der Waals surface area contributed by atoms with Gasteiger partial charge < -0.3 is 10.5 Å². The van der Waals surface area contributed by atoms with Gasteiger partial charge in [0.15, 0.2) is 0 Å². The molecule has 2 aromatic heterocycles. The van der Waals surface area contributed by atoms with E-state index in [9.17, 15) is 13.2 Å². The highest BCUT2D eigenvalue weighted by Gasteiger charge is 2.23. The summed E-state index contributed by atoms with van der Waals surface area (Å²) in [6.07, 6.45) is 8.49. The largest absolute Gasteiger partial charge is 0.495 e. The SMILES string of the molecule is COc1cncc(S(=O)(=O)c2ccccc2-c2ccncc2/C=C/C(N)=O)c1. The van der Waals surface area contributed by atoms with E-state index in [1.54, 1.807) is 30.5 Å². The maximum atomic E-state index is 13.3. The number of nitrogens with zero attached hydrogens (tertiary/aromatic N) is 2. The molecule has 2 heterocycles. The van der Waals surface area contributed by atoms with Crippen molar-refractivity contribution in [3.8, 4) is 16.9 Å². The molecule has 0 unspecified atom stereocenters. The first-order valence-corrected chi connectivity index (χ1v) is 9.67. The van der Waals surface area contributed by atoms with Crippen molar-refractivity contribution >= 4 is 21.8 Å². The quantitative estimate of drug-likeness (QED) is 0.642. The second-order valence-corrected chi connectivity index (χ2v) is 7.68. The summed E-state index contributed by atoms with van der Waals surface area (Å²) < 4.78 is 31.6. The van der Waals surface area contributed by atoms with Crippen LogP contribution in [0.15, 0.2) is 77.1 Å². The lowest BCUT2D eigenvalue weighted by atomic mass is 10.0. The van der Waals surface area contributed by atoms with Gasteiger partial charge in [0, 0.05) is 41.9 Å². The molecule has 3 aromatic rings. The van der Waals surface area contributed by atoms with Crippen LogP contribution in [0.4, 0.5) is 0 Å². The van der Waals surface area contributed by atoms with Gasteiger partial charge in [0.1, 0.15) is 5.75 Å². The highest BCUT2D eigenvalue weighted by Crippen LogP contribution is 2.34. The molecule has 0 aliphatic rings. The lowest BCUT2D eigenvalue weighted by Gasteiger charge is -2.13. The second-order valence-electron chi connectivity index (χ2n) is 5.76. The molecule has 0 fully saturated rings. The van der Waals surface area contributed by atoms with E-state index in [2.05, 4.69) is 9.97 Å². The number of hydrogen-bond donors (Lipinski definition) is 1. The Balaban J connectivity index is 2.19. The van der Waals surface area contributed by atoms with Crippen LogP contribution in [-0.2, 0) is 14.6 Å². The van der Waals surface area contributed by atoms with E-state index in [0.29, 0.717) is 22.4 Å². The van der Waals surface area contributed by atoms with Gasteiger partial charge in [-0.05, 0) is 23.8 Å². The van der Waals surface area contributed by atoms with Crippen molar-refractivity contribution in [2.45, 2.75) is 9.79 Å². The Labute approximate surface area is 162 Å². The van der Waals surface area contributed by atoms with Crippen LogP contribution >= 0.6 is 0 Å². The van der Waals surface area contributed by atoms with E-state index in [-0.39, 0.29) is 9.79 Å². The monoisotopic (exact) mass is 395 g/mol. The number of benzene rings is 1. The first-order chi connectivity index (χ1) is 13.4. The van der Waals surface area contributed by atoms with Gasteiger partial charge in [0.25, 0.3) is 0 Å². The van der Waals surface area contributed by atoms with E-state index in [1.165, 1.54) is 50.0 Å². The number of methoxy groups -OCH3 is 1. The molecule has 0 radical (unpaired) electrons. The fraction of sp³-hybridized carbons (Fsp3) is 0.0500. The Morgan fingerprint density at radius 2 is 1.86 bits per heavy atom. The van der Waals surface area contributed by atoms with Crippen LogP contribution in [0, 0.1) is 0 Å². The van der Waals surface area contributed by atoms with Crippen LogP contribution in [0.5, 0.6) is 5.75 Å². The Hall–Kier alpha value is -3.52. The van der Waals surface area contributed by atoms with Crippen molar-refractivity contribution in [1.82, 2.24) is 9.97 Å². The molecular formula is C20H17N3O4S. The highest BCUT2D eigenvalue weighted by molar-refractivity contribution is 7.91. The summed E-state index contributed by atoms with van der Waals surface area (Å²) in [7, 11) is -2.44.